The molecule has 0 saturated carbocycles. The van der Waals surface area contributed by atoms with E-state index in [1.807, 2.05) is 43.5 Å². The number of hydrogen-bond acceptors (Lipinski definition) is 7. The van der Waals surface area contributed by atoms with Crippen molar-refractivity contribution in [1.82, 2.24) is 14.8 Å². The zero-order chi connectivity index (χ0) is 23.4. The number of thiazole rings is 1. The van der Waals surface area contributed by atoms with Crippen LogP contribution in [0.4, 0.5) is 5.82 Å². The fraction of sp³-hybridized carbons (Fsp3) is 0.208. The molecule has 0 fully saturated rings. The highest BCUT2D eigenvalue weighted by molar-refractivity contribution is 7.12. The topological polar surface area (TPSA) is 87.5 Å². The highest BCUT2D eigenvalue weighted by Gasteiger charge is 2.18. The third-order valence-electron chi connectivity index (χ3n) is 4.86. The molecule has 0 bridgehead atoms. The summed E-state index contributed by atoms with van der Waals surface area (Å²) in [7, 11) is 3.07. The molecule has 2 aromatic heterocycles. The van der Waals surface area contributed by atoms with Gasteiger partial charge >= 0.3 is 0 Å². The number of nitrogens with one attached hydrogen (secondary N) is 1. The number of aromatic nitrogens is 3. The van der Waals surface area contributed by atoms with E-state index < -0.39 is 0 Å². The second kappa shape index (κ2) is 9.74. The number of methoxy groups -OCH3 is 2. The lowest BCUT2D eigenvalue weighted by Crippen LogP contribution is -2.16. The Kier molecular flexibility index (Phi) is 6.60. The van der Waals surface area contributed by atoms with Crippen LogP contribution >= 0.6 is 11.3 Å². The Bertz CT molecular complexity index is 1260. The van der Waals surface area contributed by atoms with E-state index in [-0.39, 0.29) is 5.91 Å². The van der Waals surface area contributed by atoms with Crippen molar-refractivity contribution in [3.63, 3.8) is 0 Å². The first-order chi connectivity index (χ1) is 16.0. The van der Waals surface area contributed by atoms with Crippen LogP contribution in [0.1, 0.15) is 23.0 Å². The van der Waals surface area contributed by atoms with Gasteiger partial charge in [-0.3, -0.25) is 4.79 Å². The lowest BCUT2D eigenvalue weighted by molar-refractivity contribution is 0.102. The molecule has 4 rings (SSSR count). The molecule has 0 aliphatic rings. The van der Waals surface area contributed by atoms with E-state index in [0.717, 1.165) is 22.7 Å². The van der Waals surface area contributed by atoms with Gasteiger partial charge in [-0.2, -0.15) is 9.78 Å². The predicted octanol–water partition coefficient (Wildman–Crippen LogP) is 4.97. The number of rotatable bonds is 8. The predicted molar refractivity (Wildman–Crippen MR) is 128 cm³/mol. The molecule has 1 amide bonds. The largest absolute Gasteiger partial charge is 0.497 e. The smallest absolute Gasteiger partial charge is 0.260 e. The van der Waals surface area contributed by atoms with E-state index in [9.17, 15) is 4.79 Å². The summed E-state index contributed by atoms with van der Waals surface area (Å²) in [5.41, 5.74) is 2.93. The van der Waals surface area contributed by atoms with E-state index >= 15 is 0 Å². The molecular weight excluding hydrogens is 440 g/mol. The lowest BCUT2D eigenvalue weighted by Gasteiger charge is -2.11. The summed E-state index contributed by atoms with van der Waals surface area (Å²) in [6, 6.07) is 14.6. The molecule has 0 radical (unpaired) electrons. The molecule has 0 aliphatic carbocycles. The minimum Gasteiger partial charge on any atom is -0.497 e. The van der Waals surface area contributed by atoms with Gasteiger partial charge in [0.15, 0.2) is 0 Å². The van der Waals surface area contributed by atoms with Crippen LogP contribution in [0.5, 0.6) is 17.2 Å². The third-order valence-corrected chi connectivity index (χ3v) is 5.68. The quantitative estimate of drug-likeness (QED) is 0.396. The molecule has 0 atom stereocenters. The number of benzene rings is 2. The number of carbonyl (C=O) groups excluding carboxylic acids is 1. The molecule has 0 aliphatic heterocycles. The van der Waals surface area contributed by atoms with Crippen LogP contribution in [0.15, 0.2) is 53.9 Å². The van der Waals surface area contributed by atoms with E-state index in [2.05, 4.69) is 10.4 Å². The average Bonchev–Trinajstić information content (AvgIpc) is 3.46. The maximum absolute atomic E-state index is 13.0. The van der Waals surface area contributed by atoms with Crippen LogP contribution in [0, 0.1) is 6.92 Å². The molecule has 1 N–H and O–H groups in total. The number of carbonyl (C=O) groups is 1. The Balaban J connectivity index is 1.59. The number of nitrogens with zero attached hydrogens (tertiary/aromatic N) is 3. The van der Waals surface area contributed by atoms with Gasteiger partial charge in [-0.05, 0) is 50.2 Å². The minimum atomic E-state index is -0.320. The minimum absolute atomic E-state index is 0.320. The second-order valence-corrected chi connectivity index (χ2v) is 7.91. The standard InChI is InChI=1S/C24H24N4O4S/c1-5-32-17-8-6-16(7-9-17)20-14-33-24(25-20)28-22(12-15(2)27-28)26-23(29)19-11-10-18(30-3)13-21(19)31-4/h6-14H,5H2,1-4H3,(H,26,29). The third kappa shape index (κ3) is 4.83. The van der Waals surface area contributed by atoms with Crippen molar-refractivity contribution in [3.05, 3.63) is 65.2 Å². The highest BCUT2D eigenvalue weighted by atomic mass is 32.1. The van der Waals surface area contributed by atoms with Gasteiger partial charge in [0, 0.05) is 23.1 Å². The monoisotopic (exact) mass is 464 g/mol. The first kappa shape index (κ1) is 22.3. The fourth-order valence-electron chi connectivity index (χ4n) is 3.29. The van der Waals surface area contributed by atoms with Crippen LogP contribution in [0.2, 0.25) is 0 Å². The molecular formula is C24H24N4O4S. The summed E-state index contributed by atoms with van der Waals surface area (Å²) >= 11 is 1.44. The number of hydrogen-bond donors (Lipinski definition) is 1. The SMILES string of the molecule is CCOc1ccc(-c2csc(-n3nc(C)cc3NC(=O)c3ccc(OC)cc3OC)n2)cc1. The van der Waals surface area contributed by atoms with Crippen molar-refractivity contribution in [2.75, 3.05) is 26.1 Å². The Morgan fingerprint density at radius 1 is 1.06 bits per heavy atom. The van der Waals surface area contributed by atoms with Crippen LogP contribution in [-0.4, -0.2) is 41.5 Å². The molecule has 9 heteroatoms. The zero-order valence-corrected chi connectivity index (χ0v) is 19.6. The highest BCUT2D eigenvalue weighted by Crippen LogP contribution is 2.29. The summed E-state index contributed by atoms with van der Waals surface area (Å²) < 4.78 is 17.7. The molecule has 8 nitrogen and oxygen atoms in total. The van der Waals surface area contributed by atoms with E-state index in [1.165, 1.54) is 18.4 Å². The Hall–Kier alpha value is -3.85. The fourth-order valence-corrected chi connectivity index (χ4v) is 4.08. The molecule has 0 saturated heterocycles. The molecule has 0 unspecified atom stereocenters. The molecule has 4 aromatic rings. The second-order valence-electron chi connectivity index (χ2n) is 7.08. The number of amides is 1. The maximum Gasteiger partial charge on any atom is 0.260 e. The first-order valence-corrected chi connectivity index (χ1v) is 11.2. The van der Waals surface area contributed by atoms with Gasteiger partial charge in [0.25, 0.3) is 5.91 Å². The zero-order valence-electron chi connectivity index (χ0n) is 18.8. The Labute approximate surface area is 195 Å². The summed E-state index contributed by atoms with van der Waals surface area (Å²) in [6.07, 6.45) is 0. The maximum atomic E-state index is 13.0. The summed E-state index contributed by atoms with van der Waals surface area (Å²) in [4.78, 5) is 17.7. The van der Waals surface area contributed by atoms with Gasteiger partial charge in [-0.15, -0.1) is 11.3 Å². The van der Waals surface area contributed by atoms with Crippen LogP contribution in [0.25, 0.3) is 16.4 Å². The summed E-state index contributed by atoms with van der Waals surface area (Å²) in [5, 5.41) is 10.0. The van der Waals surface area contributed by atoms with Crippen LogP contribution < -0.4 is 19.5 Å². The molecule has 33 heavy (non-hydrogen) atoms. The van der Waals surface area contributed by atoms with Crippen molar-refractivity contribution in [3.8, 4) is 33.6 Å². The number of ether oxygens (including phenoxy) is 3. The molecule has 2 heterocycles. The number of anilines is 1. The van der Waals surface area contributed by atoms with Crippen LogP contribution in [0.3, 0.4) is 0 Å². The Morgan fingerprint density at radius 3 is 2.52 bits per heavy atom. The van der Waals surface area contributed by atoms with Gasteiger partial charge in [-0.25, -0.2) is 4.98 Å². The van der Waals surface area contributed by atoms with E-state index in [0.29, 0.717) is 34.6 Å². The first-order valence-electron chi connectivity index (χ1n) is 10.3. The van der Waals surface area contributed by atoms with Crippen LogP contribution in [-0.2, 0) is 0 Å². The van der Waals surface area contributed by atoms with Crippen molar-refractivity contribution in [2.24, 2.45) is 0 Å². The van der Waals surface area contributed by atoms with Gasteiger partial charge < -0.3 is 19.5 Å². The Morgan fingerprint density at radius 2 is 1.82 bits per heavy atom. The molecule has 2 aromatic carbocycles. The van der Waals surface area contributed by atoms with Crippen molar-refractivity contribution >= 4 is 23.1 Å². The van der Waals surface area contributed by atoms with Crippen molar-refractivity contribution < 1.29 is 19.0 Å². The molecule has 0 spiro atoms. The van der Waals surface area contributed by atoms with E-state index in [1.54, 1.807) is 36.1 Å². The van der Waals surface area contributed by atoms with Gasteiger partial charge in [-0.1, -0.05) is 0 Å². The van der Waals surface area contributed by atoms with Gasteiger partial charge in [0.2, 0.25) is 5.13 Å². The number of aryl methyl sites for hydroxylation is 1. The average molecular weight is 465 g/mol. The summed E-state index contributed by atoms with van der Waals surface area (Å²) in [5.74, 6) is 2.04. The van der Waals surface area contributed by atoms with Crippen molar-refractivity contribution in [2.45, 2.75) is 13.8 Å². The lowest BCUT2D eigenvalue weighted by atomic mass is 10.1. The summed E-state index contributed by atoms with van der Waals surface area (Å²) in [6.45, 7) is 4.44. The van der Waals surface area contributed by atoms with Gasteiger partial charge in [0.1, 0.15) is 23.1 Å². The normalized spacial score (nSPS) is 10.7. The van der Waals surface area contributed by atoms with E-state index in [4.69, 9.17) is 19.2 Å². The van der Waals surface area contributed by atoms with Crippen molar-refractivity contribution in [1.29, 1.82) is 0 Å². The molecule has 170 valence electrons. The van der Waals surface area contributed by atoms with Gasteiger partial charge in [0.05, 0.1) is 37.8 Å².